The highest BCUT2D eigenvalue weighted by atomic mass is 32.2. The number of ether oxygens (including phenoxy) is 1. The van der Waals surface area contributed by atoms with Crippen molar-refractivity contribution >= 4 is 11.8 Å². The first-order chi connectivity index (χ1) is 6.24. The van der Waals surface area contributed by atoms with Gasteiger partial charge in [0.05, 0.1) is 0 Å². The summed E-state index contributed by atoms with van der Waals surface area (Å²) < 4.78 is 5.67. The largest absolute Gasteiger partial charge is 0.492 e. The fourth-order valence-electron chi connectivity index (χ4n) is 1.37. The molecule has 0 aromatic heterocycles. The zero-order chi connectivity index (χ0) is 9.26. The summed E-state index contributed by atoms with van der Waals surface area (Å²) in [6.07, 6.45) is 0. The van der Waals surface area contributed by atoms with E-state index in [1.807, 2.05) is 11.8 Å². The standard InChI is InChI=1S/C11H14OS/c1-8-3-9(2)5-10(4-8)12-6-11-7-13-11/h3-5,11H,6-7H2,1-2H3. The second-order valence-electron chi connectivity index (χ2n) is 3.59. The maximum absolute atomic E-state index is 5.67. The predicted molar refractivity (Wildman–Crippen MR) is 57.7 cm³/mol. The molecule has 0 bridgehead atoms. The summed E-state index contributed by atoms with van der Waals surface area (Å²) in [7, 11) is 0. The monoisotopic (exact) mass is 194 g/mol. The predicted octanol–water partition coefficient (Wildman–Crippen LogP) is 2.80. The normalized spacial score (nSPS) is 20.0. The van der Waals surface area contributed by atoms with Gasteiger partial charge in [-0.1, -0.05) is 6.07 Å². The molecule has 0 aliphatic carbocycles. The lowest BCUT2D eigenvalue weighted by molar-refractivity contribution is 0.329. The molecule has 1 aromatic rings. The number of thioether (sulfide) groups is 1. The summed E-state index contributed by atoms with van der Waals surface area (Å²) in [5, 5.41) is 0.751. The highest BCUT2D eigenvalue weighted by Crippen LogP contribution is 2.30. The Morgan fingerprint density at radius 1 is 1.31 bits per heavy atom. The highest BCUT2D eigenvalue weighted by molar-refractivity contribution is 8.06. The molecule has 0 N–H and O–H groups in total. The van der Waals surface area contributed by atoms with Gasteiger partial charge in [0.15, 0.2) is 0 Å². The minimum absolute atomic E-state index is 0.751. The van der Waals surface area contributed by atoms with Crippen LogP contribution < -0.4 is 4.74 Å². The van der Waals surface area contributed by atoms with Gasteiger partial charge in [-0.2, -0.15) is 11.8 Å². The lowest BCUT2D eigenvalue weighted by Gasteiger charge is -2.06. The van der Waals surface area contributed by atoms with Crippen LogP contribution in [0.2, 0.25) is 0 Å². The van der Waals surface area contributed by atoms with Crippen LogP contribution in [0.4, 0.5) is 0 Å². The van der Waals surface area contributed by atoms with Crippen LogP contribution >= 0.6 is 11.8 Å². The zero-order valence-electron chi connectivity index (χ0n) is 8.04. The van der Waals surface area contributed by atoms with Crippen LogP contribution in [0.3, 0.4) is 0 Å². The molecule has 1 nitrogen and oxygen atoms in total. The van der Waals surface area contributed by atoms with E-state index in [0.29, 0.717) is 0 Å². The minimum atomic E-state index is 0.751. The van der Waals surface area contributed by atoms with Crippen LogP contribution in [0.1, 0.15) is 11.1 Å². The summed E-state index contributed by atoms with van der Waals surface area (Å²) in [5.74, 6) is 2.29. The molecule has 0 saturated carbocycles. The molecule has 0 spiro atoms. The summed E-state index contributed by atoms with van der Waals surface area (Å²) in [6.45, 7) is 5.07. The molecular formula is C11H14OS. The fourth-order valence-corrected chi connectivity index (χ4v) is 1.77. The average Bonchev–Trinajstić information content (AvgIpc) is 2.81. The molecule has 1 atom stereocenters. The maximum Gasteiger partial charge on any atom is 0.119 e. The topological polar surface area (TPSA) is 9.23 Å². The van der Waals surface area contributed by atoms with E-state index in [0.717, 1.165) is 17.6 Å². The number of benzene rings is 1. The van der Waals surface area contributed by atoms with Crippen molar-refractivity contribution in [2.45, 2.75) is 19.1 Å². The third kappa shape index (κ3) is 2.66. The molecule has 1 unspecified atom stereocenters. The van der Waals surface area contributed by atoms with E-state index in [2.05, 4.69) is 32.0 Å². The van der Waals surface area contributed by atoms with Gasteiger partial charge in [0.25, 0.3) is 0 Å². The Bertz CT molecular complexity index is 285. The Morgan fingerprint density at radius 2 is 1.92 bits per heavy atom. The van der Waals surface area contributed by atoms with Crippen LogP contribution in [-0.4, -0.2) is 17.6 Å². The maximum atomic E-state index is 5.67. The second kappa shape index (κ2) is 3.62. The molecule has 1 aliphatic rings. The zero-order valence-corrected chi connectivity index (χ0v) is 8.86. The van der Waals surface area contributed by atoms with Crippen molar-refractivity contribution in [1.82, 2.24) is 0 Å². The first kappa shape index (κ1) is 8.95. The van der Waals surface area contributed by atoms with Crippen molar-refractivity contribution in [3.8, 4) is 5.75 Å². The molecule has 70 valence electrons. The quantitative estimate of drug-likeness (QED) is 0.684. The van der Waals surface area contributed by atoms with Gasteiger partial charge in [-0.3, -0.25) is 0 Å². The minimum Gasteiger partial charge on any atom is -0.492 e. The van der Waals surface area contributed by atoms with Crippen molar-refractivity contribution < 1.29 is 4.74 Å². The summed E-state index contributed by atoms with van der Waals surface area (Å²) in [6, 6.07) is 6.36. The summed E-state index contributed by atoms with van der Waals surface area (Å²) >= 11 is 1.97. The summed E-state index contributed by atoms with van der Waals surface area (Å²) in [4.78, 5) is 0. The van der Waals surface area contributed by atoms with Gasteiger partial charge < -0.3 is 4.74 Å². The Hall–Kier alpha value is -0.630. The van der Waals surface area contributed by atoms with Crippen LogP contribution in [-0.2, 0) is 0 Å². The Kier molecular flexibility index (Phi) is 2.49. The first-order valence-corrected chi connectivity index (χ1v) is 5.61. The van der Waals surface area contributed by atoms with E-state index in [4.69, 9.17) is 4.74 Å². The molecule has 2 rings (SSSR count). The third-order valence-corrected chi connectivity index (χ3v) is 2.97. The number of hydrogen-bond acceptors (Lipinski definition) is 2. The molecule has 1 aromatic carbocycles. The lowest BCUT2D eigenvalue weighted by atomic mass is 10.1. The van der Waals surface area contributed by atoms with Crippen LogP contribution in [0.25, 0.3) is 0 Å². The smallest absolute Gasteiger partial charge is 0.119 e. The molecule has 1 aliphatic heterocycles. The van der Waals surface area contributed by atoms with E-state index in [1.54, 1.807) is 0 Å². The van der Waals surface area contributed by atoms with E-state index >= 15 is 0 Å². The average molecular weight is 194 g/mol. The third-order valence-electron chi connectivity index (χ3n) is 2.03. The van der Waals surface area contributed by atoms with Gasteiger partial charge in [0, 0.05) is 11.0 Å². The van der Waals surface area contributed by atoms with E-state index < -0.39 is 0 Å². The van der Waals surface area contributed by atoms with Crippen LogP contribution in [0.5, 0.6) is 5.75 Å². The Labute approximate surface area is 83.5 Å². The number of aryl methyl sites for hydroxylation is 2. The van der Waals surface area contributed by atoms with Crippen molar-refractivity contribution in [2.75, 3.05) is 12.4 Å². The fraction of sp³-hybridized carbons (Fsp3) is 0.455. The van der Waals surface area contributed by atoms with Gasteiger partial charge in [0.1, 0.15) is 12.4 Å². The van der Waals surface area contributed by atoms with Gasteiger partial charge >= 0.3 is 0 Å². The highest BCUT2D eigenvalue weighted by Gasteiger charge is 2.22. The SMILES string of the molecule is Cc1cc(C)cc(OCC2CS2)c1. The van der Waals surface area contributed by atoms with Gasteiger partial charge in [0.2, 0.25) is 0 Å². The van der Waals surface area contributed by atoms with Crippen molar-refractivity contribution in [3.63, 3.8) is 0 Å². The van der Waals surface area contributed by atoms with Gasteiger partial charge in [-0.25, -0.2) is 0 Å². The summed E-state index contributed by atoms with van der Waals surface area (Å²) in [5.41, 5.74) is 2.55. The van der Waals surface area contributed by atoms with Crippen molar-refractivity contribution in [1.29, 1.82) is 0 Å². The molecule has 1 fully saturated rings. The van der Waals surface area contributed by atoms with E-state index in [9.17, 15) is 0 Å². The molecule has 1 heterocycles. The molecule has 13 heavy (non-hydrogen) atoms. The molecule has 0 radical (unpaired) electrons. The van der Waals surface area contributed by atoms with Crippen LogP contribution in [0, 0.1) is 13.8 Å². The Morgan fingerprint density at radius 3 is 2.46 bits per heavy atom. The van der Waals surface area contributed by atoms with Crippen molar-refractivity contribution in [2.24, 2.45) is 0 Å². The molecule has 2 heteroatoms. The van der Waals surface area contributed by atoms with Gasteiger partial charge in [-0.05, 0) is 37.1 Å². The van der Waals surface area contributed by atoms with E-state index in [1.165, 1.54) is 16.9 Å². The number of hydrogen-bond donors (Lipinski definition) is 0. The first-order valence-electron chi connectivity index (χ1n) is 4.57. The van der Waals surface area contributed by atoms with Crippen LogP contribution in [0.15, 0.2) is 18.2 Å². The molecule has 0 amide bonds. The molecular weight excluding hydrogens is 180 g/mol. The van der Waals surface area contributed by atoms with E-state index in [-0.39, 0.29) is 0 Å². The second-order valence-corrected chi connectivity index (χ2v) is 4.92. The van der Waals surface area contributed by atoms with Gasteiger partial charge in [-0.15, -0.1) is 0 Å². The Balaban J connectivity index is 2.01. The number of rotatable bonds is 3. The van der Waals surface area contributed by atoms with Crippen molar-refractivity contribution in [3.05, 3.63) is 29.3 Å². The lowest BCUT2D eigenvalue weighted by Crippen LogP contribution is -2.03. The molecule has 1 saturated heterocycles.